The zero-order chi connectivity index (χ0) is 22.0. The summed E-state index contributed by atoms with van der Waals surface area (Å²) in [4.78, 5) is 27.9. The molecule has 0 atom stereocenters. The first kappa shape index (κ1) is 20.5. The number of aromatic nitrogens is 5. The van der Waals surface area contributed by atoms with Crippen LogP contribution in [-0.4, -0.2) is 39.0 Å². The van der Waals surface area contributed by atoms with Crippen LogP contribution in [0.1, 0.15) is 11.5 Å². The summed E-state index contributed by atoms with van der Waals surface area (Å²) >= 11 is 1.29. The molecular weight excluding hydrogens is 422 g/mol. The minimum atomic E-state index is -0.567. The number of hydrogen-bond donors (Lipinski definition) is 2. The van der Waals surface area contributed by atoms with Crippen molar-refractivity contribution in [3.8, 4) is 28.8 Å². The Hall–Kier alpha value is -3.73. The number of methoxy groups -OCH3 is 2. The molecule has 1 aromatic carbocycles. The van der Waals surface area contributed by atoms with Gasteiger partial charge in [-0.2, -0.15) is 0 Å². The van der Waals surface area contributed by atoms with Crippen LogP contribution in [0.3, 0.4) is 0 Å². The van der Waals surface area contributed by atoms with Crippen LogP contribution in [0.5, 0.6) is 11.5 Å². The van der Waals surface area contributed by atoms with Gasteiger partial charge in [-0.1, -0.05) is 17.8 Å². The van der Waals surface area contributed by atoms with Crippen molar-refractivity contribution in [2.75, 3.05) is 14.2 Å². The topological polar surface area (TPSA) is 128 Å². The molecule has 4 rings (SSSR count). The first-order valence-electron chi connectivity index (χ1n) is 9.19. The van der Waals surface area contributed by atoms with Crippen molar-refractivity contribution in [3.63, 3.8) is 0 Å². The highest BCUT2D eigenvalue weighted by atomic mass is 32.2. The fraction of sp³-hybridized carbons (Fsp3) is 0.200. The van der Waals surface area contributed by atoms with Gasteiger partial charge in [0.05, 0.1) is 14.2 Å². The Morgan fingerprint density at radius 1 is 1.06 bits per heavy atom. The number of H-pyrrole nitrogens is 2. The van der Waals surface area contributed by atoms with E-state index in [9.17, 15) is 9.59 Å². The fourth-order valence-electron chi connectivity index (χ4n) is 3.07. The van der Waals surface area contributed by atoms with Crippen LogP contribution in [0.2, 0.25) is 0 Å². The van der Waals surface area contributed by atoms with Gasteiger partial charge in [0.25, 0.3) is 5.56 Å². The lowest BCUT2D eigenvalue weighted by molar-refractivity contribution is 0.390. The van der Waals surface area contributed by atoms with Gasteiger partial charge in [-0.3, -0.25) is 14.3 Å². The number of nitrogens with zero attached hydrogens (tertiary/aromatic N) is 3. The minimum absolute atomic E-state index is 0.284. The number of para-hydroxylation sites is 1. The van der Waals surface area contributed by atoms with Gasteiger partial charge in [0.15, 0.2) is 10.9 Å². The van der Waals surface area contributed by atoms with E-state index < -0.39 is 11.2 Å². The fourth-order valence-corrected chi connectivity index (χ4v) is 3.92. The number of thioether (sulfide) groups is 1. The van der Waals surface area contributed by atoms with Crippen molar-refractivity contribution in [3.05, 3.63) is 68.7 Å². The molecular formula is C20H19N5O5S. The van der Waals surface area contributed by atoms with E-state index in [-0.39, 0.29) is 5.75 Å². The third-order valence-corrected chi connectivity index (χ3v) is 5.37. The molecule has 0 aliphatic heterocycles. The van der Waals surface area contributed by atoms with E-state index in [2.05, 4.69) is 20.2 Å². The number of nitrogens with one attached hydrogen (secondary N) is 2. The van der Waals surface area contributed by atoms with Gasteiger partial charge in [0.2, 0.25) is 5.82 Å². The molecule has 160 valence electrons. The first-order valence-corrected chi connectivity index (χ1v) is 10.2. The lowest BCUT2D eigenvalue weighted by atomic mass is 10.2. The number of rotatable bonds is 7. The SMILES string of the molecule is COc1cccc(OC)c1-n1c(SCc2cc(=O)[nH]c(=O)[nH]2)nnc1-c1ccc(C)o1. The average molecular weight is 441 g/mol. The molecule has 0 amide bonds. The molecule has 4 aromatic rings. The average Bonchev–Trinajstić information content (AvgIpc) is 3.36. The van der Waals surface area contributed by atoms with Crippen molar-refractivity contribution < 1.29 is 13.9 Å². The lowest BCUT2D eigenvalue weighted by Gasteiger charge is -2.16. The molecule has 0 spiro atoms. The molecule has 0 bridgehead atoms. The summed E-state index contributed by atoms with van der Waals surface area (Å²) in [5.41, 5.74) is 0.0146. The van der Waals surface area contributed by atoms with Gasteiger partial charge in [0, 0.05) is 17.5 Å². The Morgan fingerprint density at radius 2 is 1.81 bits per heavy atom. The van der Waals surface area contributed by atoms with E-state index in [1.165, 1.54) is 17.8 Å². The summed E-state index contributed by atoms with van der Waals surface area (Å²) < 4.78 is 18.7. The highest BCUT2D eigenvalue weighted by Crippen LogP contribution is 2.39. The van der Waals surface area contributed by atoms with Crippen LogP contribution in [0.4, 0.5) is 0 Å². The predicted octanol–water partition coefficient (Wildman–Crippen LogP) is 2.52. The van der Waals surface area contributed by atoms with Gasteiger partial charge in [0.1, 0.15) is 22.9 Å². The zero-order valence-corrected chi connectivity index (χ0v) is 17.8. The number of aryl methyl sites for hydroxylation is 1. The summed E-state index contributed by atoms with van der Waals surface area (Å²) in [6, 6.07) is 10.4. The molecule has 0 saturated carbocycles. The largest absolute Gasteiger partial charge is 0.494 e. The normalized spacial score (nSPS) is 10.9. The second-order valence-electron chi connectivity index (χ2n) is 6.46. The maximum atomic E-state index is 11.6. The molecule has 0 aliphatic rings. The van der Waals surface area contributed by atoms with E-state index in [1.54, 1.807) is 37.0 Å². The monoisotopic (exact) mass is 441 g/mol. The summed E-state index contributed by atoms with van der Waals surface area (Å²) in [5, 5.41) is 9.13. The number of furan rings is 1. The third kappa shape index (κ3) is 4.12. The quantitative estimate of drug-likeness (QED) is 0.419. The first-order chi connectivity index (χ1) is 15.0. The summed E-state index contributed by atoms with van der Waals surface area (Å²) in [6.45, 7) is 1.84. The Kier molecular flexibility index (Phi) is 5.67. The molecule has 3 heterocycles. The van der Waals surface area contributed by atoms with Crippen LogP contribution in [0.25, 0.3) is 17.3 Å². The van der Waals surface area contributed by atoms with Gasteiger partial charge in [-0.25, -0.2) is 4.79 Å². The molecule has 3 aromatic heterocycles. The molecule has 11 heteroatoms. The van der Waals surface area contributed by atoms with Crippen LogP contribution < -0.4 is 20.7 Å². The third-order valence-electron chi connectivity index (χ3n) is 4.39. The highest BCUT2D eigenvalue weighted by molar-refractivity contribution is 7.98. The molecule has 10 nitrogen and oxygen atoms in total. The van der Waals surface area contributed by atoms with E-state index >= 15 is 0 Å². The van der Waals surface area contributed by atoms with Crippen LogP contribution in [0, 0.1) is 6.92 Å². The maximum Gasteiger partial charge on any atom is 0.325 e. The molecule has 0 unspecified atom stereocenters. The zero-order valence-electron chi connectivity index (χ0n) is 17.0. The van der Waals surface area contributed by atoms with Crippen molar-refractivity contribution in [1.82, 2.24) is 24.7 Å². The summed E-state index contributed by atoms with van der Waals surface area (Å²) in [5.74, 6) is 3.09. The van der Waals surface area contributed by atoms with Crippen LogP contribution in [-0.2, 0) is 5.75 Å². The maximum absolute atomic E-state index is 11.6. The predicted molar refractivity (Wildman–Crippen MR) is 114 cm³/mol. The van der Waals surface area contributed by atoms with Gasteiger partial charge in [-0.15, -0.1) is 10.2 Å². The summed E-state index contributed by atoms with van der Waals surface area (Å²) in [6.07, 6.45) is 0. The van der Waals surface area contributed by atoms with Crippen molar-refractivity contribution in [2.45, 2.75) is 17.8 Å². The molecule has 31 heavy (non-hydrogen) atoms. The van der Waals surface area contributed by atoms with Crippen LogP contribution >= 0.6 is 11.8 Å². The number of hydrogen-bond acceptors (Lipinski definition) is 8. The molecule has 2 N–H and O–H groups in total. The van der Waals surface area contributed by atoms with Crippen molar-refractivity contribution >= 4 is 11.8 Å². The van der Waals surface area contributed by atoms with Crippen LogP contribution in [0.15, 0.2) is 55.6 Å². The molecule has 0 saturated heterocycles. The lowest BCUT2D eigenvalue weighted by Crippen LogP contribution is -2.22. The van der Waals surface area contributed by atoms with Crippen molar-refractivity contribution in [1.29, 1.82) is 0 Å². The van der Waals surface area contributed by atoms with Gasteiger partial charge >= 0.3 is 5.69 Å². The van der Waals surface area contributed by atoms with Gasteiger partial charge in [-0.05, 0) is 31.2 Å². The summed E-state index contributed by atoms with van der Waals surface area (Å²) in [7, 11) is 3.13. The van der Waals surface area contributed by atoms with E-state index in [4.69, 9.17) is 13.9 Å². The number of aromatic amines is 2. The van der Waals surface area contributed by atoms with Crippen molar-refractivity contribution in [2.24, 2.45) is 0 Å². The Balaban J connectivity index is 1.85. The number of benzene rings is 1. The molecule has 0 radical (unpaired) electrons. The molecule has 0 aliphatic carbocycles. The Labute approximate surface area is 180 Å². The minimum Gasteiger partial charge on any atom is -0.494 e. The second kappa shape index (κ2) is 8.56. The van der Waals surface area contributed by atoms with Gasteiger partial charge < -0.3 is 18.9 Å². The van der Waals surface area contributed by atoms with E-state index in [0.29, 0.717) is 39.6 Å². The Bertz CT molecular complexity index is 1290. The standard InChI is InChI=1S/C20H19N5O5S/c1-11-7-8-15(30-11)18-23-24-20(31-10-12-9-16(26)22-19(27)21-12)25(18)17-13(28-2)5-4-6-14(17)29-3/h4-9H,10H2,1-3H3,(H2,21,22,26,27). The second-order valence-corrected chi connectivity index (χ2v) is 7.41. The smallest absolute Gasteiger partial charge is 0.325 e. The number of ether oxygens (including phenoxy) is 2. The highest BCUT2D eigenvalue weighted by Gasteiger charge is 2.24. The Morgan fingerprint density at radius 3 is 2.42 bits per heavy atom. The molecule has 0 fully saturated rings. The van der Waals surface area contributed by atoms with E-state index in [0.717, 1.165) is 5.76 Å². The van der Waals surface area contributed by atoms with E-state index in [1.807, 2.05) is 19.1 Å².